The van der Waals surface area contributed by atoms with E-state index in [1.54, 1.807) is 0 Å². The third-order valence-corrected chi connectivity index (χ3v) is 2.27. The van der Waals surface area contributed by atoms with Gasteiger partial charge in [0.25, 0.3) is 0 Å². The van der Waals surface area contributed by atoms with Gasteiger partial charge in [0.2, 0.25) is 5.82 Å². The quantitative estimate of drug-likeness (QED) is 0.519. The Hall–Kier alpha value is -2.10. The van der Waals surface area contributed by atoms with Crippen molar-refractivity contribution in [2.24, 2.45) is 0 Å². The van der Waals surface area contributed by atoms with Gasteiger partial charge in [0.05, 0.1) is 6.54 Å². The van der Waals surface area contributed by atoms with Crippen molar-refractivity contribution in [3.8, 4) is 5.69 Å². The van der Waals surface area contributed by atoms with Crippen LogP contribution in [-0.4, -0.2) is 27.3 Å². The van der Waals surface area contributed by atoms with Crippen LogP contribution < -0.4 is 5.32 Å². The van der Waals surface area contributed by atoms with E-state index in [1.807, 2.05) is 0 Å². The summed E-state index contributed by atoms with van der Waals surface area (Å²) in [7, 11) is 1.50. The standard InChI is InChI=1S/C9H6F5N5/c1-15-2-3-16-17-18-19(3)9-7(13)5(11)4(10)6(12)8(9)14/h15H,2H2,1H3. The van der Waals surface area contributed by atoms with Crippen LogP contribution >= 0.6 is 0 Å². The molecule has 0 fully saturated rings. The van der Waals surface area contributed by atoms with Gasteiger partial charge in [0.15, 0.2) is 29.1 Å². The molecular formula is C9H6F5N5. The molecule has 0 atom stereocenters. The van der Waals surface area contributed by atoms with Crippen molar-refractivity contribution in [3.05, 3.63) is 34.9 Å². The topological polar surface area (TPSA) is 55.6 Å². The van der Waals surface area contributed by atoms with Gasteiger partial charge < -0.3 is 5.32 Å². The van der Waals surface area contributed by atoms with Gasteiger partial charge >= 0.3 is 0 Å². The summed E-state index contributed by atoms with van der Waals surface area (Å²) >= 11 is 0. The largest absolute Gasteiger partial charge is 0.313 e. The van der Waals surface area contributed by atoms with Crippen LogP contribution in [0, 0.1) is 29.1 Å². The molecule has 2 aromatic rings. The molecule has 0 aliphatic heterocycles. The van der Waals surface area contributed by atoms with E-state index in [4.69, 9.17) is 0 Å². The minimum absolute atomic E-state index is 0.0213. The third-order valence-electron chi connectivity index (χ3n) is 2.27. The fourth-order valence-electron chi connectivity index (χ4n) is 1.43. The lowest BCUT2D eigenvalue weighted by Crippen LogP contribution is -2.16. The van der Waals surface area contributed by atoms with Crippen LogP contribution in [0.5, 0.6) is 0 Å². The summed E-state index contributed by atoms with van der Waals surface area (Å²) in [5.41, 5.74) is -1.22. The lowest BCUT2D eigenvalue weighted by atomic mass is 10.2. The number of hydrogen-bond donors (Lipinski definition) is 1. The molecule has 1 aromatic heterocycles. The van der Waals surface area contributed by atoms with Crippen LogP contribution in [0.1, 0.15) is 5.82 Å². The average molecular weight is 279 g/mol. The first-order valence-electron chi connectivity index (χ1n) is 4.92. The number of tetrazole rings is 1. The lowest BCUT2D eigenvalue weighted by Gasteiger charge is -2.09. The maximum Gasteiger partial charge on any atom is 0.200 e. The predicted molar refractivity (Wildman–Crippen MR) is 51.7 cm³/mol. The number of aromatic nitrogens is 4. The Balaban J connectivity index is 2.72. The number of benzene rings is 1. The van der Waals surface area contributed by atoms with Gasteiger partial charge in [-0.25, -0.2) is 22.0 Å². The van der Waals surface area contributed by atoms with E-state index in [2.05, 4.69) is 20.8 Å². The van der Waals surface area contributed by atoms with Gasteiger partial charge in [-0.05, 0) is 17.5 Å². The summed E-state index contributed by atoms with van der Waals surface area (Å²) < 4.78 is 66.5. The Morgan fingerprint density at radius 3 is 2.00 bits per heavy atom. The van der Waals surface area contributed by atoms with E-state index in [-0.39, 0.29) is 12.4 Å². The molecule has 102 valence electrons. The molecule has 1 heterocycles. The van der Waals surface area contributed by atoms with Crippen LogP contribution in [0.15, 0.2) is 0 Å². The van der Waals surface area contributed by atoms with Crippen molar-refractivity contribution in [1.29, 1.82) is 0 Å². The maximum atomic E-state index is 13.5. The Morgan fingerprint density at radius 2 is 1.47 bits per heavy atom. The van der Waals surface area contributed by atoms with Crippen LogP contribution in [0.4, 0.5) is 22.0 Å². The van der Waals surface area contributed by atoms with E-state index in [0.29, 0.717) is 4.68 Å². The number of rotatable bonds is 3. The zero-order chi connectivity index (χ0) is 14.2. The Labute approximate surface area is 103 Å². The van der Waals surface area contributed by atoms with Crippen LogP contribution in [-0.2, 0) is 6.54 Å². The first kappa shape index (κ1) is 13.3. The van der Waals surface area contributed by atoms with E-state index in [9.17, 15) is 22.0 Å². The molecular weight excluding hydrogens is 273 g/mol. The number of nitrogens with zero attached hydrogens (tertiary/aromatic N) is 4. The second-order valence-electron chi connectivity index (χ2n) is 3.46. The zero-order valence-electron chi connectivity index (χ0n) is 9.39. The van der Waals surface area contributed by atoms with Crippen molar-refractivity contribution in [1.82, 2.24) is 25.5 Å². The smallest absolute Gasteiger partial charge is 0.200 e. The Kier molecular flexibility index (Phi) is 3.42. The van der Waals surface area contributed by atoms with Crippen LogP contribution in [0.2, 0.25) is 0 Å². The minimum atomic E-state index is -2.23. The van der Waals surface area contributed by atoms with Gasteiger partial charge in [-0.15, -0.1) is 5.10 Å². The van der Waals surface area contributed by atoms with E-state index in [1.165, 1.54) is 7.05 Å². The zero-order valence-corrected chi connectivity index (χ0v) is 9.39. The molecule has 0 aliphatic rings. The fourth-order valence-corrected chi connectivity index (χ4v) is 1.43. The first-order chi connectivity index (χ1) is 8.99. The van der Waals surface area contributed by atoms with E-state index in [0.717, 1.165) is 0 Å². The second kappa shape index (κ2) is 4.88. The highest BCUT2D eigenvalue weighted by Crippen LogP contribution is 2.25. The number of nitrogens with one attached hydrogen (secondary N) is 1. The summed E-state index contributed by atoms with van der Waals surface area (Å²) in [5.74, 6) is -10.4. The van der Waals surface area contributed by atoms with E-state index < -0.39 is 34.8 Å². The molecule has 1 aromatic carbocycles. The highest BCUT2D eigenvalue weighted by molar-refractivity contribution is 5.37. The Morgan fingerprint density at radius 1 is 0.947 bits per heavy atom. The molecule has 0 unspecified atom stereocenters. The normalized spacial score (nSPS) is 11.1. The molecule has 10 heteroatoms. The van der Waals surface area contributed by atoms with E-state index >= 15 is 0 Å². The number of hydrogen-bond acceptors (Lipinski definition) is 4. The first-order valence-corrected chi connectivity index (χ1v) is 4.92. The van der Waals surface area contributed by atoms with Crippen molar-refractivity contribution < 1.29 is 22.0 Å². The molecule has 5 nitrogen and oxygen atoms in total. The third kappa shape index (κ3) is 2.03. The molecule has 0 aliphatic carbocycles. The Bertz CT molecular complexity index is 597. The van der Waals surface area contributed by atoms with Gasteiger partial charge in [-0.3, -0.25) is 0 Å². The van der Waals surface area contributed by atoms with Crippen molar-refractivity contribution in [3.63, 3.8) is 0 Å². The predicted octanol–water partition coefficient (Wildman–Crippen LogP) is 1.08. The summed E-state index contributed by atoms with van der Waals surface area (Å²) in [6.45, 7) is -0.0213. The van der Waals surface area contributed by atoms with Gasteiger partial charge in [-0.1, -0.05) is 0 Å². The van der Waals surface area contributed by atoms with Crippen molar-refractivity contribution in [2.75, 3.05) is 7.05 Å². The van der Waals surface area contributed by atoms with Crippen molar-refractivity contribution in [2.45, 2.75) is 6.54 Å². The molecule has 1 N–H and O–H groups in total. The molecule has 0 spiro atoms. The molecule has 2 rings (SSSR count). The minimum Gasteiger partial charge on any atom is -0.313 e. The molecule has 19 heavy (non-hydrogen) atoms. The summed E-state index contributed by atoms with van der Waals surface area (Å²) in [4.78, 5) is 0. The van der Waals surface area contributed by atoms with Gasteiger partial charge in [0, 0.05) is 0 Å². The monoisotopic (exact) mass is 279 g/mol. The molecule has 0 radical (unpaired) electrons. The lowest BCUT2D eigenvalue weighted by molar-refractivity contribution is 0.372. The molecule has 0 saturated heterocycles. The summed E-state index contributed by atoms with van der Waals surface area (Å²) in [6.07, 6.45) is 0. The van der Waals surface area contributed by atoms with Crippen molar-refractivity contribution >= 4 is 0 Å². The highest BCUT2D eigenvalue weighted by Gasteiger charge is 2.28. The van der Waals surface area contributed by atoms with Crippen LogP contribution in [0.3, 0.4) is 0 Å². The molecule has 0 bridgehead atoms. The van der Waals surface area contributed by atoms with Crippen LogP contribution in [0.25, 0.3) is 5.69 Å². The summed E-state index contributed by atoms with van der Waals surface area (Å²) in [5, 5.41) is 12.4. The van der Waals surface area contributed by atoms with Gasteiger partial charge in [-0.2, -0.15) is 4.68 Å². The number of halogens is 5. The SMILES string of the molecule is CNCc1nnnn1-c1c(F)c(F)c(F)c(F)c1F. The molecule has 0 amide bonds. The molecule has 0 saturated carbocycles. The summed E-state index contributed by atoms with van der Waals surface area (Å²) in [6, 6.07) is 0. The van der Waals surface area contributed by atoms with Gasteiger partial charge in [0.1, 0.15) is 5.69 Å². The fraction of sp³-hybridized carbons (Fsp3) is 0.222. The second-order valence-corrected chi connectivity index (χ2v) is 3.46. The highest BCUT2D eigenvalue weighted by atomic mass is 19.2. The average Bonchev–Trinajstić information content (AvgIpc) is 2.83. The maximum absolute atomic E-state index is 13.5.